The van der Waals surface area contributed by atoms with Crippen LogP contribution < -0.4 is 20.1 Å². The SMILES string of the molecule is CCN(c1ccc(OCC(=O)Nc2ccc(C(N)=O)cc2)cc1)S(C)(=O)=O. The number of carbonyl (C=O) groups is 2. The molecule has 0 saturated heterocycles. The molecule has 0 fully saturated rings. The number of benzene rings is 2. The molecule has 0 aliphatic rings. The molecule has 2 amide bonds. The quantitative estimate of drug-likeness (QED) is 0.708. The van der Waals surface area contributed by atoms with Gasteiger partial charge in [-0.05, 0) is 55.5 Å². The molecule has 0 bridgehead atoms. The molecule has 2 rings (SSSR count). The Bertz CT molecular complexity index is 909. The zero-order valence-corrected chi connectivity index (χ0v) is 15.8. The van der Waals surface area contributed by atoms with Crippen LogP contribution in [0.4, 0.5) is 11.4 Å². The molecule has 0 spiro atoms. The van der Waals surface area contributed by atoms with Gasteiger partial charge in [0.2, 0.25) is 15.9 Å². The van der Waals surface area contributed by atoms with Crippen molar-refractivity contribution in [2.75, 3.05) is 29.0 Å². The second-order valence-electron chi connectivity index (χ2n) is 5.70. The van der Waals surface area contributed by atoms with Crippen molar-refractivity contribution >= 4 is 33.2 Å². The Labute approximate surface area is 158 Å². The molecule has 0 radical (unpaired) electrons. The van der Waals surface area contributed by atoms with Gasteiger partial charge in [0.25, 0.3) is 5.91 Å². The third-order valence-corrected chi connectivity index (χ3v) is 4.91. The van der Waals surface area contributed by atoms with Crippen LogP contribution in [0.2, 0.25) is 0 Å². The minimum absolute atomic E-state index is 0.222. The van der Waals surface area contributed by atoms with Crippen LogP contribution in [-0.4, -0.2) is 39.6 Å². The Morgan fingerprint density at radius 1 is 1.07 bits per heavy atom. The summed E-state index contributed by atoms with van der Waals surface area (Å²) >= 11 is 0. The normalized spacial score (nSPS) is 10.9. The largest absolute Gasteiger partial charge is 0.484 e. The summed E-state index contributed by atoms with van der Waals surface area (Å²) in [7, 11) is -3.35. The first-order valence-corrected chi connectivity index (χ1v) is 9.96. The first kappa shape index (κ1) is 20.2. The van der Waals surface area contributed by atoms with E-state index in [9.17, 15) is 18.0 Å². The van der Waals surface area contributed by atoms with Crippen molar-refractivity contribution in [1.29, 1.82) is 0 Å². The molecule has 0 heterocycles. The predicted octanol–water partition coefficient (Wildman–Crippen LogP) is 1.59. The van der Waals surface area contributed by atoms with Gasteiger partial charge in [0.1, 0.15) is 5.75 Å². The highest BCUT2D eigenvalue weighted by Crippen LogP contribution is 2.21. The minimum atomic E-state index is -3.35. The number of amides is 2. The number of hydrogen-bond donors (Lipinski definition) is 2. The molecule has 0 unspecified atom stereocenters. The second-order valence-corrected chi connectivity index (χ2v) is 7.61. The molecule has 0 saturated carbocycles. The van der Waals surface area contributed by atoms with Gasteiger partial charge in [-0.1, -0.05) is 0 Å². The van der Waals surface area contributed by atoms with Crippen LogP contribution in [0.5, 0.6) is 5.75 Å². The molecule has 9 heteroatoms. The van der Waals surface area contributed by atoms with Crippen LogP contribution in [0.3, 0.4) is 0 Å². The Morgan fingerprint density at radius 3 is 2.15 bits per heavy atom. The van der Waals surface area contributed by atoms with E-state index in [1.807, 2.05) is 0 Å². The van der Waals surface area contributed by atoms with Crippen molar-refractivity contribution in [2.24, 2.45) is 5.73 Å². The molecule has 8 nitrogen and oxygen atoms in total. The van der Waals surface area contributed by atoms with E-state index in [1.165, 1.54) is 16.4 Å². The van der Waals surface area contributed by atoms with Gasteiger partial charge in [0.15, 0.2) is 6.61 Å². The molecular formula is C18H21N3O5S. The summed E-state index contributed by atoms with van der Waals surface area (Å²) in [4.78, 5) is 23.0. The summed E-state index contributed by atoms with van der Waals surface area (Å²) < 4.78 is 30.1. The van der Waals surface area contributed by atoms with Crippen molar-refractivity contribution in [3.63, 3.8) is 0 Å². The van der Waals surface area contributed by atoms with Gasteiger partial charge < -0.3 is 15.8 Å². The van der Waals surface area contributed by atoms with Gasteiger partial charge in [-0.3, -0.25) is 13.9 Å². The number of carbonyl (C=O) groups excluding carboxylic acids is 2. The number of hydrogen-bond acceptors (Lipinski definition) is 5. The van der Waals surface area contributed by atoms with Crippen molar-refractivity contribution < 1.29 is 22.7 Å². The monoisotopic (exact) mass is 391 g/mol. The lowest BCUT2D eigenvalue weighted by Crippen LogP contribution is -2.29. The molecule has 0 aromatic heterocycles. The fraction of sp³-hybridized carbons (Fsp3) is 0.222. The van der Waals surface area contributed by atoms with Crippen LogP contribution in [-0.2, 0) is 14.8 Å². The Morgan fingerprint density at radius 2 is 1.67 bits per heavy atom. The fourth-order valence-corrected chi connectivity index (χ4v) is 3.35. The van der Waals surface area contributed by atoms with Gasteiger partial charge in [-0.2, -0.15) is 0 Å². The molecule has 2 aromatic carbocycles. The first-order valence-electron chi connectivity index (χ1n) is 8.11. The fourth-order valence-electron chi connectivity index (χ4n) is 2.38. The van der Waals surface area contributed by atoms with Crippen LogP contribution in [0, 0.1) is 0 Å². The van der Waals surface area contributed by atoms with Crippen LogP contribution in [0.15, 0.2) is 48.5 Å². The topological polar surface area (TPSA) is 119 Å². The maximum Gasteiger partial charge on any atom is 0.262 e. The third kappa shape index (κ3) is 5.71. The molecule has 0 atom stereocenters. The lowest BCUT2D eigenvalue weighted by Gasteiger charge is -2.20. The summed E-state index contributed by atoms with van der Waals surface area (Å²) in [6.45, 7) is 1.84. The number of nitrogens with one attached hydrogen (secondary N) is 1. The number of nitrogens with two attached hydrogens (primary N) is 1. The summed E-state index contributed by atoms with van der Waals surface area (Å²) in [6.07, 6.45) is 1.14. The highest BCUT2D eigenvalue weighted by Gasteiger charge is 2.15. The van der Waals surface area contributed by atoms with Gasteiger partial charge in [0.05, 0.1) is 11.9 Å². The highest BCUT2D eigenvalue weighted by molar-refractivity contribution is 7.92. The third-order valence-electron chi connectivity index (χ3n) is 3.64. The number of rotatable bonds is 8. The molecule has 27 heavy (non-hydrogen) atoms. The van der Waals surface area contributed by atoms with E-state index < -0.39 is 15.9 Å². The number of sulfonamides is 1. The van der Waals surface area contributed by atoms with Crippen LogP contribution in [0.25, 0.3) is 0 Å². The van der Waals surface area contributed by atoms with Crippen molar-refractivity contribution in [1.82, 2.24) is 0 Å². The molecule has 3 N–H and O–H groups in total. The average Bonchev–Trinajstić information content (AvgIpc) is 2.61. The number of ether oxygens (including phenoxy) is 1. The van der Waals surface area contributed by atoms with E-state index in [1.54, 1.807) is 43.3 Å². The van der Waals surface area contributed by atoms with Gasteiger partial charge in [-0.15, -0.1) is 0 Å². The molecule has 2 aromatic rings. The van der Waals surface area contributed by atoms with E-state index in [0.29, 0.717) is 29.2 Å². The standard InChI is InChI=1S/C18H21N3O5S/c1-3-21(27(2,24)25)15-8-10-16(11-9-15)26-12-17(22)20-14-6-4-13(5-7-14)18(19)23/h4-11H,3,12H2,1-2H3,(H2,19,23)(H,20,22). The Kier molecular flexibility index (Phi) is 6.40. The van der Waals surface area contributed by atoms with Crippen LogP contribution in [0.1, 0.15) is 17.3 Å². The first-order chi connectivity index (χ1) is 12.7. The van der Waals surface area contributed by atoms with Crippen molar-refractivity contribution in [3.05, 3.63) is 54.1 Å². The Balaban J connectivity index is 1.92. The van der Waals surface area contributed by atoms with E-state index in [-0.39, 0.29) is 12.5 Å². The van der Waals surface area contributed by atoms with Gasteiger partial charge >= 0.3 is 0 Å². The summed E-state index contributed by atoms with van der Waals surface area (Å²) in [5.41, 5.74) is 6.53. The lowest BCUT2D eigenvalue weighted by atomic mass is 10.2. The van der Waals surface area contributed by atoms with Crippen LogP contribution >= 0.6 is 0 Å². The highest BCUT2D eigenvalue weighted by atomic mass is 32.2. The van der Waals surface area contributed by atoms with E-state index in [4.69, 9.17) is 10.5 Å². The zero-order valence-electron chi connectivity index (χ0n) is 15.0. The van der Waals surface area contributed by atoms with Crippen molar-refractivity contribution in [3.8, 4) is 5.75 Å². The van der Waals surface area contributed by atoms with Gasteiger partial charge in [0, 0.05) is 17.8 Å². The number of anilines is 2. The summed E-state index contributed by atoms with van der Waals surface area (Å²) in [5, 5.41) is 2.63. The Hall–Kier alpha value is -3.07. The van der Waals surface area contributed by atoms with Gasteiger partial charge in [-0.25, -0.2) is 8.42 Å². The predicted molar refractivity (Wildman–Crippen MR) is 103 cm³/mol. The lowest BCUT2D eigenvalue weighted by molar-refractivity contribution is -0.118. The van der Waals surface area contributed by atoms with E-state index in [2.05, 4.69) is 5.32 Å². The summed E-state index contributed by atoms with van der Waals surface area (Å²) in [5.74, 6) is -0.489. The summed E-state index contributed by atoms with van der Waals surface area (Å²) in [6, 6.07) is 12.6. The molecule has 0 aliphatic carbocycles. The minimum Gasteiger partial charge on any atom is -0.484 e. The maximum atomic E-state index is 11.9. The molecule has 0 aliphatic heterocycles. The van der Waals surface area contributed by atoms with E-state index in [0.717, 1.165) is 6.26 Å². The smallest absolute Gasteiger partial charge is 0.262 e. The zero-order chi connectivity index (χ0) is 20.0. The number of primary amides is 1. The maximum absolute atomic E-state index is 11.9. The second kappa shape index (κ2) is 8.54. The number of nitrogens with zero attached hydrogens (tertiary/aromatic N) is 1. The molecular weight excluding hydrogens is 370 g/mol. The molecule has 144 valence electrons. The van der Waals surface area contributed by atoms with Crippen molar-refractivity contribution in [2.45, 2.75) is 6.92 Å². The van der Waals surface area contributed by atoms with E-state index >= 15 is 0 Å². The average molecular weight is 391 g/mol.